The molecule has 1 aliphatic rings. The molecule has 8 nitrogen and oxygen atoms in total. The number of aryl methyl sites for hydroxylation is 2. The Morgan fingerprint density at radius 1 is 1.00 bits per heavy atom. The summed E-state index contributed by atoms with van der Waals surface area (Å²) in [4.78, 5) is 25.0. The van der Waals surface area contributed by atoms with E-state index in [0.29, 0.717) is 41.7 Å². The minimum Gasteiger partial charge on any atom is -0.493 e. The fourth-order valence-corrected chi connectivity index (χ4v) is 6.02. The van der Waals surface area contributed by atoms with Gasteiger partial charge in [0.2, 0.25) is 0 Å². The number of nitrogens with one attached hydrogen (secondary N) is 1. The van der Waals surface area contributed by atoms with Crippen molar-refractivity contribution < 1.29 is 23.8 Å². The zero-order valence-electron chi connectivity index (χ0n) is 29.1. The van der Waals surface area contributed by atoms with E-state index in [2.05, 4.69) is 29.0 Å². The molecule has 2 aromatic carbocycles. The van der Waals surface area contributed by atoms with Gasteiger partial charge in [0.05, 0.1) is 17.9 Å². The summed E-state index contributed by atoms with van der Waals surface area (Å²) < 4.78 is 25.7. The van der Waals surface area contributed by atoms with E-state index >= 15 is 0 Å². The standard InChI is InChI=1S/C39H47FN4O4/c1-25-9-8-10-31(41-25)43-36-33(28-13-17-30(18-14-28)47-24-19-27-11-15-29(40)16-12-27)34(44-22-20-39(6,7)21-23-44)32(26(2)42-36)35(37(45)46)48-38(3,4)5/h8-18,35H,19-24H2,1-7H3,(H,45,46)(H,41,42,43). The molecule has 1 saturated heterocycles. The van der Waals surface area contributed by atoms with Gasteiger partial charge in [-0.25, -0.2) is 19.2 Å². The minimum atomic E-state index is -1.23. The third-order valence-electron chi connectivity index (χ3n) is 8.64. The lowest BCUT2D eigenvalue weighted by atomic mass is 9.82. The van der Waals surface area contributed by atoms with Crippen molar-refractivity contribution in [1.29, 1.82) is 0 Å². The van der Waals surface area contributed by atoms with Gasteiger partial charge in [-0.3, -0.25) is 0 Å². The van der Waals surface area contributed by atoms with E-state index in [-0.39, 0.29) is 11.2 Å². The lowest BCUT2D eigenvalue weighted by molar-refractivity contribution is -0.160. The summed E-state index contributed by atoms with van der Waals surface area (Å²) in [5, 5.41) is 14.1. The Balaban J connectivity index is 1.63. The van der Waals surface area contributed by atoms with Crippen LogP contribution >= 0.6 is 0 Å². The quantitative estimate of drug-likeness (QED) is 0.166. The second-order valence-electron chi connectivity index (χ2n) is 14.3. The number of hydrogen-bond acceptors (Lipinski definition) is 7. The third-order valence-corrected chi connectivity index (χ3v) is 8.64. The van der Waals surface area contributed by atoms with Gasteiger partial charge in [-0.15, -0.1) is 0 Å². The topological polar surface area (TPSA) is 96.8 Å². The molecule has 5 rings (SSSR count). The van der Waals surface area contributed by atoms with Crippen molar-refractivity contribution in [3.8, 4) is 16.9 Å². The number of rotatable bonds is 11. The second kappa shape index (κ2) is 14.3. The van der Waals surface area contributed by atoms with Crippen LogP contribution in [-0.2, 0) is 16.0 Å². The van der Waals surface area contributed by atoms with Crippen LogP contribution in [0, 0.1) is 25.1 Å². The third kappa shape index (κ3) is 8.69. The number of hydrogen-bond donors (Lipinski definition) is 2. The molecule has 4 aromatic rings. The molecule has 3 heterocycles. The predicted octanol–water partition coefficient (Wildman–Crippen LogP) is 8.83. The highest BCUT2D eigenvalue weighted by molar-refractivity contribution is 5.93. The lowest BCUT2D eigenvalue weighted by Crippen LogP contribution is -2.39. The average molecular weight is 655 g/mol. The Morgan fingerprint density at radius 3 is 2.27 bits per heavy atom. The van der Waals surface area contributed by atoms with E-state index in [9.17, 15) is 14.3 Å². The van der Waals surface area contributed by atoms with Crippen LogP contribution in [0.2, 0.25) is 0 Å². The van der Waals surface area contributed by atoms with Crippen molar-refractivity contribution in [2.24, 2.45) is 5.41 Å². The number of pyridine rings is 2. The summed E-state index contributed by atoms with van der Waals surface area (Å²) >= 11 is 0. The molecule has 48 heavy (non-hydrogen) atoms. The molecule has 1 aliphatic heterocycles. The molecule has 0 amide bonds. The Morgan fingerprint density at radius 2 is 1.67 bits per heavy atom. The monoisotopic (exact) mass is 654 g/mol. The van der Waals surface area contributed by atoms with Crippen molar-refractivity contribution >= 4 is 23.3 Å². The highest BCUT2D eigenvalue weighted by Crippen LogP contribution is 2.47. The van der Waals surface area contributed by atoms with Gasteiger partial charge in [0, 0.05) is 42.0 Å². The Kier molecular flexibility index (Phi) is 10.4. The summed E-state index contributed by atoms with van der Waals surface area (Å²) in [6, 6.07) is 20.0. The SMILES string of the molecule is Cc1cccc(Nc2nc(C)c(C(OC(C)(C)C)C(=O)O)c(N3CCC(C)(C)CC3)c2-c2ccc(OCCc3ccc(F)cc3)cc2)n1. The highest BCUT2D eigenvalue weighted by Gasteiger charge is 2.37. The Bertz CT molecular complexity index is 1720. The first-order chi connectivity index (χ1) is 22.7. The number of ether oxygens (including phenoxy) is 2. The van der Waals surface area contributed by atoms with Crippen LogP contribution in [0.15, 0.2) is 66.7 Å². The molecule has 0 bridgehead atoms. The number of carbonyl (C=O) groups is 1. The number of nitrogens with zero attached hydrogens (tertiary/aromatic N) is 3. The lowest BCUT2D eigenvalue weighted by Gasteiger charge is -2.41. The highest BCUT2D eigenvalue weighted by atomic mass is 19.1. The van der Waals surface area contributed by atoms with Crippen LogP contribution in [0.3, 0.4) is 0 Å². The summed E-state index contributed by atoms with van der Waals surface area (Å²) in [7, 11) is 0. The molecule has 0 spiro atoms. The molecule has 1 atom stereocenters. The molecule has 1 fully saturated rings. The van der Waals surface area contributed by atoms with Crippen molar-refractivity contribution in [2.75, 3.05) is 29.9 Å². The molecule has 1 unspecified atom stereocenters. The van der Waals surface area contributed by atoms with Gasteiger partial charge in [0.25, 0.3) is 0 Å². The maximum Gasteiger partial charge on any atom is 0.337 e. The van der Waals surface area contributed by atoms with Crippen LogP contribution in [0.25, 0.3) is 11.1 Å². The van der Waals surface area contributed by atoms with Gasteiger partial charge in [-0.1, -0.05) is 44.2 Å². The molecule has 2 N–H and O–H groups in total. The number of benzene rings is 2. The zero-order chi connectivity index (χ0) is 34.6. The molecule has 2 aromatic heterocycles. The molecule has 0 radical (unpaired) electrons. The van der Waals surface area contributed by atoms with Crippen LogP contribution in [0.4, 0.5) is 21.7 Å². The predicted molar refractivity (Wildman–Crippen MR) is 189 cm³/mol. The van der Waals surface area contributed by atoms with E-state index in [1.807, 2.05) is 77.1 Å². The smallest absolute Gasteiger partial charge is 0.337 e. The Labute approximate surface area is 283 Å². The molecular formula is C39H47FN4O4. The Hall–Kier alpha value is -4.50. The number of piperidine rings is 1. The zero-order valence-corrected chi connectivity index (χ0v) is 29.1. The van der Waals surface area contributed by atoms with Gasteiger partial charge in [0.15, 0.2) is 6.10 Å². The van der Waals surface area contributed by atoms with Gasteiger partial charge < -0.3 is 24.8 Å². The number of aliphatic carboxylic acids is 1. The fraction of sp³-hybridized carbons (Fsp3) is 0.410. The van der Waals surface area contributed by atoms with Crippen molar-refractivity contribution in [3.63, 3.8) is 0 Å². The van der Waals surface area contributed by atoms with E-state index in [1.165, 1.54) is 12.1 Å². The first-order valence-corrected chi connectivity index (χ1v) is 16.6. The van der Waals surface area contributed by atoms with E-state index < -0.39 is 17.7 Å². The summed E-state index contributed by atoms with van der Waals surface area (Å²) in [5.41, 5.74) is 4.87. The van der Waals surface area contributed by atoms with Crippen LogP contribution in [0.5, 0.6) is 5.75 Å². The minimum absolute atomic E-state index is 0.173. The molecule has 0 aliphatic carbocycles. The maximum absolute atomic E-state index is 13.3. The van der Waals surface area contributed by atoms with E-state index in [0.717, 1.165) is 54.0 Å². The number of halogens is 1. The summed E-state index contributed by atoms with van der Waals surface area (Å²) in [6.45, 7) is 15.9. The number of carboxylic acids is 1. The van der Waals surface area contributed by atoms with Crippen molar-refractivity contribution in [3.05, 3.63) is 95.1 Å². The maximum atomic E-state index is 13.3. The number of carboxylic acid groups (broad SMARTS) is 1. The van der Waals surface area contributed by atoms with Gasteiger partial charge in [0.1, 0.15) is 23.2 Å². The van der Waals surface area contributed by atoms with Crippen LogP contribution in [-0.4, -0.2) is 46.3 Å². The largest absolute Gasteiger partial charge is 0.493 e. The van der Waals surface area contributed by atoms with Gasteiger partial charge >= 0.3 is 5.97 Å². The number of aromatic nitrogens is 2. The van der Waals surface area contributed by atoms with Crippen molar-refractivity contribution in [2.45, 2.75) is 79.4 Å². The van der Waals surface area contributed by atoms with Crippen molar-refractivity contribution in [1.82, 2.24) is 9.97 Å². The van der Waals surface area contributed by atoms with Crippen LogP contribution < -0.4 is 15.0 Å². The molecule has 0 saturated carbocycles. The van der Waals surface area contributed by atoms with Crippen LogP contribution in [0.1, 0.15) is 76.1 Å². The van der Waals surface area contributed by atoms with E-state index in [1.54, 1.807) is 12.1 Å². The average Bonchev–Trinajstić information content (AvgIpc) is 3.01. The first-order valence-electron chi connectivity index (χ1n) is 16.6. The normalized spacial score (nSPS) is 15.2. The first kappa shape index (κ1) is 34.8. The fourth-order valence-electron chi connectivity index (χ4n) is 6.02. The molecular weight excluding hydrogens is 607 g/mol. The second-order valence-corrected chi connectivity index (χ2v) is 14.3. The van der Waals surface area contributed by atoms with Gasteiger partial charge in [-0.05, 0) is 100 Å². The summed E-state index contributed by atoms with van der Waals surface area (Å²) in [6.07, 6.45) is 1.31. The number of anilines is 3. The molecule has 9 heteroatoms. The molecule has 254 valence electrons. The van der Waals surface area contributed by atoms with E-state index in [4.69, 9.17) is 14.5 Å². The van der Waals surface area contributed by atoms with Gasteiger partial charge in [-0.2, -0.15) is 0 Å². The summed E-state index contributed by atoms with van der Waals surface area (Å²) in [5.74, 6) is 0.590.